The van der Waals surface area contributed by atoms with Crippen molar-refractivity contribution in [2.75, 3.05) is 0 Å². The number of fused-ring (bicyclic) bond motifs is 1. The average Bonchev–Trinajstić information content (AvgIpc) is 2.66. The van der Waals surface area contributed by atoms with Crippen LogP contribution in [0.2, 0.25) is 0 Å². The lowest BCUT2D eigenvalue weighted by Crippen LogP contribution is -2.08. The third-order valence-corrected chi connectivity index (χ3v) is 2.82. The number of carboxylic acid groups (broad SMARTS) is 1. The summed E-state index contributed by atoms with van der Waals surface area (Å²) >= 11 is 0. The minimum atomic E-state index is -0.877. The van der Waals surface area contributed by atoms with E-state index in [4.69, 9.17) is 5.11 Å². The summed E-state index contributed by atoms with van der Waals surface area (Å²) in [4.78, 5) is 14.9. The molecule has 1 heterocycles. The Morgan fingerprint density at radius 2 is 2.22 bits per heavy atom. The predicted octanol–water partition coefficient (Wildman–Crippen LogP) is 2.77. The van der Waals surface area contributed by atoms with Crippen molar-refractivity contribution >= 4 is 17.0 Å². The Hall–Kier alpha value is -1.91. The molecule has 4 nitrogen and oxygen atoms in total. The van der Waals surface area contributed by atoms with Gasteiger partial charge in [-0.05, 0) is 26.0 Å². The summed E-state index contributed by atoms with van der Waals surface area (Å²) in [5, 5.41) is 8.72. The lowest BCUT2D eigenvalue weighted by molar-refractivity contribution is -0.137. The van der Waals surface area contributed by atoms with Gasteiger partial charge >= 0.3 is 5.97 Å². The van der Waals surface area contributed by atoms with Gasteiger partial charge in [-0.3, -0.25) is 4.79 Å². The Kier molecular flexibility index (Phi) is 3.32. The van der Waals surface area contributed by atoms with Gasteiger partial charge in [-0.25, -0.2) is 9.37 Å². The van der Waals surface area contributed by atoms with Crippen molar-refractivity contribution in [3.05, 3.63) is 29.8 Å². The maximum atomic E-state index is 13.6. The first kappa shape index (κ1) is 12.5. The van der Waals surface area contributed by atoms with Crippen LogP contribution in [0, 0.1) is 5.82 Å². The van der Waals surface area contributed by atoms with E-state index in [1.165, 1.54) is 6.07 Å². The van der Waals surface area contributed by atoms with Crippen LogP contribution < -0.4 is 0 Å². The number of benzene rings is 1. The number of aryl methyl sites for hydroxylation is 1. The Morgan fingerprint density at radius 1 is 1.50 bits per heavy atom. The number of aliphatic carboxylic acids is 1. The first-order valence-corrected chi connectivity index (χ1v) is 5.88. The molecular weight excluding hydrogens is 235 g/mol. The van der Waals surface area contributed by atoms with Crippen molar-refractivity contribution in [2.45, 2.75) is 32.7 Å². The van der Waals surface area contributed by atoms with E-state index in [2.05, 4.69) is 4.98 Å². The summed E-state index contributed by atoms with van der Waals surface area (Å²) in [6.07, 6.45) is 0.305. The molecule has 0 unspecified atom stereocenters. The van der Waals surface area contributed by atoms with E-state index >= 15 is 0 Å². The topological polar surface area (TPSA) is 55.1 Å². The van der Waals surface area contributed by atoms with E-state index < -0.39 is 5.97 Å². The van der Waals surface area contributed by atoms with Crippen LogP contribution in [0.25, 0.3) is 11.0 Å². The van der Waals surface area contributed by atoms with Crippen molar-refractivity contribution in [3.8, 4) is 0 Å². The molecule has 0 atom stereocenters. The predicted molar refractivity (Wildman–Crippen MR) is 66.0 cm³/mol. The molecule has 96 valence electrons. The normalized spacial score (nSPS) is 11.3. The summed E-state index contributed by atoms with van der Waals surface area (Å²) in [7, 11) is 0. The van der Waals surface area contributed by atoms with Crippen LogP contribution in [-0.4, -0.2) is 20.6 Å². The number of para-hydroxylation sites is 1. The molecule has 0 fully saturated rings. The Bertz CT molecular complexity index is 590. The number of nitrogens with zero attached hydrogens (tertiary/aromatic N) is 2. The number of imidazole rings is 1. The summed E-state index contributed by atoms with van der Waals surface area (Å²) in [5.74, 6) is -0.631. The van der Waals surface area contributed by atoms with Crippen molar-refractivity contribution in [2.24, 2.45) is 0 Å². The minimum Gasteiger partial charge on any atom is -0.481 e. The number of rotatable bonds is 4. The SMILES string of the molecule is CC(C)n1c(CCC(=O)O)nc2c(F)cccc21. The monoisotopic (exact) mass is 250 g/mol. The molecule has 0 bridgehead atoms. The molecule has 0 amide bonds. The van der Waals surface area contributed by atoms with Gasteiger partial charge in [0.25, 0.3) is 0 Å². The molecule has 1 aromatic heterocycles. The largest absolute Gasteiger partial charge is 0.481 e. The van der Waals surface area contributed by atoms with Crippen LogP contribution in [0.15, 0.2) is 18.2 Å². The average molecular weight is 250 g/mol. The van der Waals surface area contributed by atoms with E-state index in [-0.39, 0.29) is 18.3 Å². The third kappa shape index (κ3) is 2.20. The highest BCUT2D eigenvalue weighted by atomic mass is 19.1. The smallest absolute Gasteiger partial charge is 0.303 e. The van der Waals surface area contributed by atoms with Crippen LogP contribution in [0.3, 0.4) is 0 Å². The number of hydrogen-bond acceptors (Lipinski definition) is 2. The van der Waals surface area contributed by atoms with Crippen LogP contribution in [0.1, 0.15) is 32.1 Å². The number of carbonyl (C=O) groups is 1. The Morgan fingerprint density at radius 3 is 2.83 bits per heavy atom. The highest BCUT2D eigenvalue weighted by Gasteiger charge is 2.16. The highest BCUT2D eigenvalue weighted by Crippen LogP contribution is 2.23. The first-order chi connectivity index (χ1) is 8.50. The second kappa shape index (κ2) is 4.76. The summed E-state index contributed by atoms with van der Waals surface area (Å²) in [5.41, 5.74) is 1.02. The van der Waals surface area contributed by atoms with Gasteiger partial charge in [-0.2, -0.15) is 0 Å². The summed E-state index contributed by atoms with van der Waals surface area (Å²) < 4.78 is 15.5. The minimum absolute atomic E-state index is 0.00232. The van der Waals surface area contributed by atoms with E-state index in [0.29, 0.717) is 23.3 Å². The quantitative estimate of drug-likeness (QED) is 0.907. The Labute approximate surface area is 104 Å². The molecular formula is C13H15FN2O2. The lowest BCUT2D eigenvalue weighted by Gasteiger charge is -2.12. The molecule has 0 aliphatic heterocycles. The zero-order valence-electron chi connectivity index (χ0n) is 10.4. The molecule has 2 rings (SSSR count). The number of hydrogen-bond donors (Lipinski definition) is 1. The second-order valence-electron chi connectivity index (χ2n) is 4.49. The van der Waals surface area contributed by atoms with Crippen molar-refractivity contribution in [1.29, 1.82) is 0 Å². The van der Waals surface area contributed by atoms with Crippen LogP contribution in [0.5, 0.6) is 0 Å². The molecule has 1 N–H and O–H groups in total. The molecule has 0 saturated carbocycles. The van der Waals surface area contributed by atoms with Gasteiger partial charge in [0.15, 0.2) is 5.82 Å². The van der Waals surface area contributed by atoms with E-state index in [9.17, 15) is 9.18 Å². The number of aromatic nitrogens is 2. The van der Waals surface area contributed by atoms with Gasteiger partial charge in [0, 0.05) is 12.5 Å². The molecule has 5 heteroatoms. The zero-order chi connectivity index (χ0) is 13.3. The molecule has 0 aliphatic carbocycles. The van der Waals surface area contributed by atoms with Crippen LogP contribution >= 0.6 is 0 Å². The van der Waals surface area contributed by atoms with Gasteiger partial charge in [0.2, 0.25) is 0 Å². The number of carboxylic acids is 1. The number of halogens is 1. The molecule has 0 aliphatic rings. The first-order valence-electron chi connectivity index (χ1n) is 5.88. The maximum absolute atomic E-state index is 13.6. The highest BCUT2D eigenvalue weighted by molar-refractivity contribution is 5.77. The second-order valence-corrected chi connectivity index (χ2v) is 4.49. The summed E-state index contributed by atoms with van der Waals surface area (Å²) in [6.45, 7) is 3.94. The molecule has 2 aromatic rings. The molecule has 0 spiro atoms. The van der Waals surface area contributed by atoms with Gasteiger partial charge in [0.05, 0.1) is 11.9 Å². The van der Waals surface area contributed by atoms with Crippen molar-refractivity contribution < 1.29 is 14.3 Å². The van der Waals surface area contributed by atoms with Gasteiger partial charge < -0.3 is 9.67 Å². The fourth-order valence-corrected chi connectivity index (χ4v) is 2.10. The van der Waals surface area contributed by atoms with Gasteiger partial charge in [0.1, 0.15) is 11.3 Å². The lowest BCUT2D eigenvalue weighted by atomic mass is 10.2. The molecule has 1 aromatic carbocycles. The standard InChI is InChI=1S/C13H15FN2O2/c1-8(2)16-10-5-3-4-9(14)13(10)15-11(16)6-7-12(17)18/h3-5,8H,6-7H2,1-2H3,(H,17,18). The van der Waals surface area contributed by atoms with Crippen LogP contribution in [0.4, 0.5) is 4.39 Å². The van der Waals surface area contributed by atoms with Crippen molar-refractivity contribution in [1.82, 2.24) is 9.55 Å². The van der Waals surface area contributed by atoms with E-state index in [1.54, 1.807) is 12.1 Å². The van der Waals surface area contributed by atoms with Gasteiger partial charge in [-0.15, -0.1) is 0 Å². The molecule has 18 heavy (non-hydrogen) atoms. The fraction of sp³-hybridized carbons (Fsp3) is 0.385. The van der Waals surface area contributed by atoms with Crippen molar-refractivity contribution in [3.63, 3.8) is 0 Å². The maximum Gasteiger partial charge on any atom is 0.303 e. The van der Waals surface area contributed by atoms with E-state index in [1.807, 2.05) is 18.4 Å². The third-order valence-electron chi connectivity index (χ3n) is 2.82. The van der Waals surface area contributed by atoms with Gasteiger partial charge in [-0.1, -0.05) is 6.07 Å². The Balaban J connectivity index is 2.54. The zero-order valence-corrected chi connectivity index (χ0v) is 10.4. The summed E-state index contributed by atoms with van der Waals surface area (Å²) in [6, 6.07) is 4.91. The molecule has 0 radical (unpaired) electrons. The van der Waals surface area contributed by atoms with Crippen LogP contribution in [-0.2, 0) is 11.2 Å². The van der Waals surface area contributed by atoms with E-state index in [0.717, 1.165) is 0 Å². The fourth-order valence-electron chi connectivity index (χ4n) is 2.10. The molecule has 0 saturated heterocycles.